The number of morpholine rings is 1. The maximum atomic E-state index is 10.0. The summed E-state index contributed by atoms with van der Waals surface area (Å²) in [6.45, 7) is 3.04. The van der Waals surface area contributed by atoms with Crippen LogP contribution in [-0.2, 0) is 16.7 Å². The van der Waals surface area contributed by atoms with E-state index in [1.165, 1.54) is 0 Å². The summed E-state index contributed by atoms with van der Waals surface area (Å²) in [5.41, 5.74) is 2.86. The molecule has 1 aliphatic rings. The average Bonchev–Trinajstić information content (AvgIpc) is 2.74. The summed E-state index contributed by atoms with van der Waals surface area (Å²) in [5.74, 6) is 0.278. The van der Waals surface area contributed by atoms with Gasteiger partial charge >= 0.3 is 0 Å². The van der Waals surface area contributed by atoms with Crippen molar-refractivity contribution in [3.05, 3.63) is 90.0 Å². The molecular formula is C22H23N3O2. The van der Waals surface area contributed by atoms with Gasteiger partial charge in [-0.25, -0.2) is 0 Å². The number of phenols is 1. The van der Waals surface area contributed by atoms with Crippen LogP contribution in [0.3, 0.4) is 0 Å². The molecule has 1 fully saturated rings. The molecule has 0 saturated carbocycles. The molecule has 0 radical (unpaired) electrons. The van der Waals surface area contributed by atoms with Gasteiger partial charge in [-0.3, -0.25) is 14.9 Å². The van der Waals surface area contributed by atoms with Gasteiger partial charge in [0.25, 0.3) is 0 Å². The second-order valence-electron chi connectivity index (χ2n) is 6.79. The zero-order valence-electron chi connectivity index (χ0n) is 15.2. The van der Waals surface area contributed by atoms with Crippen molar-refractivity contribution in [1.29, 1.82) is 0 Å². The first-order valence-corrected chi connectivity index (χ1v) is 9.21. The van der Waals surface area contributed by atoms with Crippen molar-refractivity contribution >= 4 is 0 Å². The third-order valence-electron chi connectivity index (χ3n) is 5.20. The van der Waals surface area contributed by atoms with E-state index in [1.807, 2.05) is 36.7 Å². The maximum Gasteiger partial charge on any atom is 0.115 e. The smallest absolute Gasteiger partial charge is 0.115 e. The SMILES string of the molecule is Oc1cccc(CC(c2cccnc2)(c2cccnc2)N2CCOCC2)c1. The summed E-state index contributed by atoms with van der Waals surface area (Å²) < 4.78 is 5.62. The lowest BCUT2D eigenvalue weighted by atomic mass is 9.77. The molecule has 0 bridgehead atoms. The molecule has 2 aromatic heterocycles. The molecule has 0 unspecified atom stereocenters. The molecule has 5 nitrogen and oxygen atoms in total. The topological polar surface area (TPSA) is 58.5 Å². The lowest BCUT2D eigenvalue weighted by Gasteiger charge is -2.46. The fraction of sp³-hybridized carbons (Fsp3) is 0.273. The molecule has 0 atom stereocenters. The van der Waals surface area contributed by atoms with Crippen LogP contribution in [0.1, 0.15) is 16.7 Å². The second kappa shape index (κ2) is 7.86. The van der Waals surface area contributed by atoms with Gasteiger partial charge in [0, 0.05) is 37.9 Å². The molecule has 1 N–H and O–H groups in total. The van der Waals surface area contributed by atoms with E-state index in [-0.39, 0.29) is 5.75 Å². The molecule has 138 valence electrons. The second-order valence-corrected chi connectivity index (χ2v) is 6.79. The summed E-state index contributed by atoms with van der Waals surface area (Å²) >= 11 is 0. The Morgan fingerprint density at radius 1 is 0.926 bits per heavy atom. The molecule has 3 aromatic rings. The number of rotatable bonds is 5. The van der Waals surface area contributed by atoms with E-state index < -0.39 is 5.54 Å². The zero-order chi connectivity index (χ0) is 18.5. The monoisotopic (exact) mass is 361 g/mol. The molecule has 0 amide bonds. The number of benzene rings is 1. The van der Waals surface area contributed by atoms with Crippen molar-refractivity contribution in [1.82, 2.24) is 14.9 Å². The average molecular weight is 361 g/mol. The fourth-order valence-electron chi connectivity index (χ4n) is 3.97. The van der Waals surface area contributed by atoms with E-state index in [0.717, 1.165) is 29.8 Å². The Balaban J connectivity index is 1.90. The molecule has 5 heteroatoms. The number of ether oxygens (including phenoxy) is 1. The highest BCUT2D eigenvalue weighted by Gasteiger charge is 2.41. The summed E-state index contributed by atoms with van der Waals surface area (Å²) in [5, 5.41) is 10.0. The van der Waals surface area contributed by atoms with Gasteiger partial charge in [0.1, 0.15) is 5.75 Å². The third-order valence-corrected chi connectivity index (χ3v) is 5.20. The first kappa shape index (κ1) is 17.6. The van der Waals surface area contributed by atoms with E-state index in [4.69, 9.17) is 4.74 Å². The number of nitrogens with zero attached hydrogens (tertiary/aromatic N) is 3. The zero-order valence-corrected chi connectivity index (χ0v) is 15.2. The third kappa shape index (κ3) is 3.56. The highest BCUT2D eigenvalue weighted by atomic mass is 16.5. The highest BCUT2D eigenvalue weighted by molar-refractivity contribution is 5.40. The molecule has 1 aromatic carbocycles. The molecule has 27 heavy (non-hydrogen) atoms. The fourth-order valence-corrected chi connectivity index (χ4v) is 3.97. The van der Waals surface area contributed by atoms with Gasteiger partial charge in [0.2, 0.25) is 0 Å². The van der Waals surface area contributed by atoms with Crippen molar-refractivity contribution in [2.75, 3.05) is 26.3 Å². The lowest BCUT2D eigenvalue weighted by Crippen LogP contribution is -2.53. The highest BCUT2D eigenvalue weighted by Crippen LogP contribution is 2.39. The van der Waals surface area contributed by atoms with E-state index in [9.17, 15) is 5.11 Å². The van der Waals surface area contributed by atoms with Gasteiger partial charge in [-0.15, -0.1) is 0 Å². The van der Waals surface area contributed by atoms with Crippen LogP contribution in [0.25, 0.3) is 0 Å². The number of pyridine rings is 2. The van der Waals surface area contributed by atoms with Crippen molar-refractivity contribution < 1.29 is 9.84 Å². The van der Waals surface area contributed by atoms with Crippen LogP contribution in [0.5, 0.6) is 5.75 Å². The molecular weight excluding hydrogens is 338 g/mol. The summed E-state index contributed by atoms with van der Waals surface area (Å²) in [6.07, 6.45) is 8.17. The van der Waals surface area contributed by atoms with Crippen LogP contribution < -0.4 is 0 Å². The van der Waals surface area contributed by atoms with E-state index >= 15 is 0 Å². The lowest BCUT2D eigenvalue weighted by molar-refractivity contribution is -0.0106. The summed E-state index contributed by atoms with van der Waals surface area (Å²) in [6, 6.07) is 15.7. The number of aromatic nitrogens is 2. The van der Waals surface area contributed by atoms with Crippen molar-refractivity contribution in [3.8, 4) is 5.75 Å². The molecule has 4 rings (SSSR count). The Morgan fingerprint density at radius 2 is 1.59 bits per heavy atom. The molecule has 1 aliphatic heterocycles. The number of hydrogen-bond donors (Lipinski definition) is 1. The minimum absolute atomic E-state index is 0.278. The minimum Gasteiger partial charge on any atom is -0.508 e. The quantitative estimate of drug-likeness (QED) is 0.757. The van der Waals surface area contributed by atoms with Gasteiger partial charge in [-0.2, -0.15) is 0 Å². The summed E-state index contributed by atoms with van der Waals surface area (Å²) in [7, 11) is 0. The first-order valence-electron chi connectivity index (χ1n) is 9.21. The van der Waals surface area contributed by atoms with E-state index in [0.29, 0.717) is 19.6 Å². The van der Waals surface area contributed by atoms with E-state index in [2.05, 4.69) is 33.1 Å². The minimum atomic E-state index is -0.430. The summed E-state index contributed by atoms with van der Waals surface area (Å²) in [4.78, 5) is 11.3. The van der Waals surface area contributed by atoms with Gasteiger partial charge < -0.3 is 9.84 Å². The van der Waals surface area contributed by atoms with Crippen molar-refractivity contribution in [2.24, 2.45) is 0 Å². The van der Waals surface area contributed by atoms with Crippen LogP contribution >= 0.6 is 0 Å². The Bertz CT molecular complexity index is 825. The largest absolute Gasteiger partial charge is 0.508 e. The van der Waals surface area contributed by atoms with Crippen LogP contribution in [0, 0.1) is 0 Å². The van der Waals surface area contributed by atoms with Crippen LogP contribution in [0.4, 0.5) is 0 Å². The van der Waals surface area contributed by atoms with Gasteiger partial charge in [0.05, 0.1) is 18.8 Å². The Labute approximate surface area is 159 Å². The van der Waals surface area contributed by atoms with Crippen LogP contribution in [0.2, 0.25) is 0 Å². The standard InChI is InChI=1S/C22H23N3O2/c26-21-7-1-4-18(14-21)15-22(19-5-2-8-23-16-19,20-6-3-9-24-17-20)25-10-12-27-13-11-25/h1-9,14,16-17,26H,10-13,15H2. The predicted molar refractivity (Wildman–Crippen MR) is 103 cm³/mol. The molecule has 3 heterocycles. The normalized spacial score (nSPS) is 15.6. The Hall–Kier alpha value is -2.76. The number of phenolic OH excluding ortho intramolecular Hbond substituents is 1. The predicted octanol–water partition coefficient (Wildman–Crippen LogP) is 3.00. The molecule has 1 saturated heterocycles. The van der Waals surface area contributed by atoms with E-state index in [1.54, 1.807) is 18.5 Å². The van der Waals surface area contributed by atoms with Gasteiger partial charge in [-0.05, 0) is 47.4 Å². The van der Waals surface area contributed by atoms with Gasteiger partial charge in [-0.1, -0.05) is 24.3 Å². The van der Waals surface area contributed by atoms with Crippen molar-refractivity contribution in [2.45, 2.75) is 12.0 Å². The van der Waals surface area contributed by atoms with Crippen molar-refractivity contribution in [3.63, 3.8) is 0 Å². The Kier molecular flexibility index (Phi) is 5.14. The van der Waals surface area contributed by atoms with Crippen LogP contribution in [-0.4, -0.2) is 46.3 Å². The first-order chi connectivity index (χ1) is 13.3. The van der Waals surface area contributed by atoms with Gasteiger partial charge in [0.15, 0.2) is 0 Å². The molecule has 0 aliphatic carbocycles. The number of hydrogen-bond acceptors (Lipinski definition) is 5. The molecule has 0 spiro atoms. The Morgan fingerprint density at radius 3 is 2.15 bits per heavy atom. The number of aromatic hydroxyl groups is 1. The maximum absolute atomic E-state index is 10.0. The van der Waals surface area contributed by atoms with Crippen LogP contribution in [0.15, 0.2) is 73.3 Å².